The molecule has 0 fully saturated rings. The van der Waals surface area contributed by atoms with Gasteiger partial charge in [0.15, 0.2) is 0 Å². The van der Waals surface area contributed by atoms with Gasteiger partial charge in [-0.15, -0.1) is 0 Å². The molecule has 0 saturated heterocycles. The summed E-state index contributed by atoms with van der Waals surface area (Å²) >= 11 is 0. The summed E-state index contributed by atoms with van der Waals surface area (Å²) in [5.41, 5.74) is 2.74. The largest absolute Gasteiger partial charge is 0.497 e. The molecule has 1 aliphatic heterocycles. The van der Waals surface area contributed by atoms with Crippen molar-refractivity contribution in [3.63, 3.8) is 0 Å². The molecule has 0 aliphatic carbocycles. The monoisotopic (exact) mass is 322 g/mol. The molecule has 120 valence electrons. The number of hydrogen-bond acceptors (Lipinski definition) is 3. The smallest absolute Gasteiger partial charge is 0.262 e. The van der Waals surface area contributed by atoms with Gasteiger partial charge in [0.05, 0.1) is 7.11 Å². The van der Waals surface area contributed by atoms with E-state index in [1.54, 1.807) is 37.4 Å². The van der Waals surface area contributed by atoms with Gasteiger partial charge in [-0.3, -0.25) is 0 Å². The Labute approximate surface area is 138 Å². The lowest BCUT2D eigenvalue weighted by Crippen LogP contribution is -2.37. The predicted octanol–water partition coefficient (Wildman–Crippen LogP) is 4.09. The molecule has 0 spiro atoms. The minimum atomic E-state index is -1.69. The lowest BCUT2D eigenvalue weighted by molar-refractivity contribution is -0.110. The summed E-state index contributed by atoms with van der Waals surface area (Å²) in [7, 11) is 1.58. The fourth-order valence-corrected chi connectivity index (χ4v) is 3.06. The number of benzene rings is 3. The second-order valence-electron chi connectivity index (χ2n) is 5.66. The fraction of sp³-hybridized carbons (Fsp3) is 0.100. The van der Waals surface area contributed by atoms with Crippen molar-refractivity contribution in [2.75, 3.05) is 7.11 Å². The average molecular weight is 322 g/mol. The number of methoxy groups -OCH3 is 1. The minimum absolute atomic E-state index is 0.312. The molecule has 1 N–H and O–H groups in total. The summed E-state index contributed by atoms with van der Waals surface area (Å²) in [5, 5.41) is 11.3. The van der Waals surface area contributed by atoms with Crippen LogP contribution in [0, 0.1) is 5.82 Å². The second kappa shape index (κ2) is 5.35. The first-order chi connectivity index (χ1) is 11.6. The van der Waals surface area contributed by atoms with E-state index in [2.05, 4.69) is 0 Å². The molecule has 0 aromatic heterocycles. The molecule has 1 unspecified atom stereocenters. The Bertz CT molecular complexity index is 905. The summed E-state index contributed by atoms with van der Waals surface area (Å²) in [6.45, 7) is 0. The molecule has 0 bridgehead atoms. The Morgan fingerprint density at radius 3 is 2.46 bits per heavy atom. The molecule has 0 radical (unpaired) electrons. The van der Waals surface area contributed by atoms with Gasteiger partial charge in [0.25, 0.3) is 5.79 Å². The normalized spacial score (nSPS) is 18.3. The average Bonchev–Trinajstić information content (AvgIpc) is 2.62. The van der Waals surface area contributed by atoms with Crippen molar-refractivity contribution >= 4 is 0 Å². The highest BCUT2D eigenvalue weighted by molar-refractivity contribution is 5.77. The van der Waals surface area contributed by atoms with Gasteiger partial charge in [-0.2, -0.15) is 0 Å². The Morgan fingerprint density at radius 2 is 1.71 bits per heavy atom. The van der Waals surface area contributed by atoms with Gasteiger partial charge in [0.1, 0.15) is 17.3 Å². The zero-order chi connectivity index (χ0) is 16.7. The van der Waals surface area contributed by atoms with Crippen molar-refractivity contribution in [3.8, 4) is 22.6 Å². The van der Waals surface area contributed by atoms with E-state index in [0.717, 1.165) is 11.1 Å². The van der Waals surface area contributed by atoms with Gasteiger partial charge >= 0.3 is 0 Å². The van der Waals surface area contributed by atoms with E-state index in [4.69, 9.17) is 9.47 Å². The van der Waals surface area contributed by atoms with Crippen LogP contribution in [0.2, 0.25) is 0 Å². The maximum Gasteiger partial charge on any atom is 0.262 e. The van der Waals surface area contributed by atoms with Crippen molar-refractivity contribution in [1.82, 2.24) is 0 Å². The van der Waals surface area contributed by atoms with Crippen LogP contribution in [0.25, 0.3) is 11.1 Å². The maximum atomic E-state index is 13.6. The van der Waals surface area contributed by atoms with Crippen LogP contribution in [0.15, 0.2) is 66.7 Å². The van der Waals surface area contributed by atoms with E-state index < -0.39 is 11.6 Å². The molecule has 24 heavy (non-hydrogen) atoms. The lowest BCUT2D eigenvalue weighted by Gasteiger charge is -2.36. The van der Waals surface area contributed by atoms with Crippen LogP contribution in [-0.2, 0) is 5.79 Å². The Morgan fingerprint density at radius 1 is 0.958 bits per heavy atom. The molecular weight excluding hydrogens is 307 g/mol. The third kappa shape index (κ3) is 2.15. The minimum Gasteiger partial charge on any atom is -0.497 e. The fourth-order valence-electron chi connectivity index (χ4n) is 3.06. The molecule has 0 amide bonds. The zero-order valence-corrected chi connectivity index (χ0v) is 13.0. The first-order valence-corrected chi connectivity index (χ1v) is 7.57. The van der Waals surface area contributed by atoms with Crippen molar-refractivity contribution < 1.29 is 19.0 Å². The van der Waals surface area contributed by atoms with Gasteiger partial charge in [-0.1, -0.05) is 24.3 Å². The molecule has 3 aromatic rings. The Balaban J connectivity index is 1.93. The zero-order valence-electron chi connectivity index (χ0n) is 13.0. The Kier molecular flexibility index (Phi) is 3.28. The van der Waals surface area contributed by atoms with Gasteiger partial charge in [-0.05, 0) is 42.0 Å². The maximum absolute atomic E-state index is 13.6. The van der Waals surface area contributed by atoms with Crippen LogP contribution in [0.1, 0.15) is 11.1 Å². The number of ether oxygens (including phenoxy) is 2. The molecule has 3 nitrogen and oxygen atoms in total. The highest BCUT2D eigenvalue weighted by Crippen LogP contribution is 2.47. The highest BCUT2D eigenvalue weighted by atomic mass is 19.1. The van der Waals surface area contributed by atoms with Crippen molar-refractivity contribution in [3.05, 3.63) is 83.7 Å². The number of rotatable bonds is 2. The highest BCUT2D eigenvalue weighted by Gasteiger charge is 2.40. The molecule has 1 aliphatic rings. The van der Waals surface area contributed by atoms with E-state index in [0.29, 0.717) is 22.6 Å². The van der Waals surface area contributed by atoms with Crippen molar-refractivity contribution in [1.29, 1.82) is 0 Å². The number of halogens is 1. The number of fused-ring (bicyclic) bond motifs is 3. The summed E-state index contributed by atoms with van der Waals surface area (Å²) < 4.78 is 24.7. The molecule has 4 rings (SSSR count). The summed E-state index contributed by atoms with van der Waals surface area (Å²) in [4.78, 5) is 0. The van der Waals surface area contributed by atoms with Crippen LogP contribution in [0.5, 0.6) is 11.5 Å². The second-order valence-corrected chi connectivity index (χ2v) is 5.66. The van der Waals surface area contributed by atoms with Gasteiger partial charge in [0.2, 0.25) is 0 Å². The summed E-state index contributed by atoms with van der Waals surface area (Å²) in [6, 6.07) is 18.7. The van der Waals surface area contributed by atoms with E-state index in [9.17, 15) is 9.50 Å². The predicted molar refractivity (Wildman–Crippen MR) is 88.5 cm³/mol. The van der Waals surface area contributed by atoms with E-state index >= 15 is 0 Å². The first kappa shape index (κ1) is 14.7. The van der Waals surface area contributed by atoms with E-state index in [1.807, 2.05) is 24.3 Å². The molecule has 1 heterocycles. The van der Waals surface area contributed by atoms with Crippen LogP contribution in [-0.4, -0.2) is 12.2 Å². The third-order valence-electron chi connectivity index (χ3n) is 4.26. The molecular formula is C20H15FO3. The third-order valence-corrected chi connectivity index (χ3v) is 4.26. The van der Waals surface area contributed by atoms with Crippen LogP contribution in [0.4, 0.5) is 4.39 Å². The van der Waals surface area contributed by atoms with Gasteiger partial charge in [0, 0.05) is 22.8 Å². The standard InChI is InChI=1S/C20H15FO3/c1-23-15-9-6-13(7-10-15)20(22)18-5-3-2-4-16(18)17-11-8-14(21)12-19(17)24-20/h2-12,22H,1H3. The van der Waals surface area contributed by atoms with E-state index in [-0.39, 0.29) is 0 Å². The number of hydrogen-bond donors (Lipinski definition) is 1. The quantitative estimate of drug-likeness (QED) is 0.772. The summed E-state index contributed by atoms with van der Waals surface area (Å²) in [5.74, 6) is -1.11. The molecule has 4 heteroatoms. The Hall–Kier alpha value is -2.85. The molecule has 0 saturated carbocycles. The van der Waals surface area contributed by atoms with Crippen LogP contribution in [0.3, 0.4) is 0 Å². The molecule has 1 atom stereocenters. The number of aliphatic hydroxyl groups is 1. The molecule has 3 aromatic carbocycles. The van der Waals surface area contributed by atoms with Crippen LogP contribution < -0.4 is 9.47 Å². The SMILES string of the molecule is COc1ccc(C2(O)Oc3cc(F)ccc3-c3ccccc32)cc1. The van der Waals surface area contributed by atoms with Crippen LogP contribution >= 0.6 is 0 Å². The summed E-state index contributed by atoms with van der Waals surface area (Å²) in [6.07, 6.45) is 0. The van der Waals surface area contributed by atoms with Gasteiger partial charge in [-0.25, -0.2) is 4.39 Å². The lowest BCUT2D eigenvalue weighted by atomic mass is 9.87. The van der Waals surface area contributed by atoms with Gasteiger partial charge < -0.3 is 14.6 Å². The van der Waals surface area contributed by atoms with E-state index in [1.165, 1.54) is 12.1 Å². The van der Waals surface area contributed by atoms with Crippen molar-refractivity contribution in [2.45, 2.75) is 5.79 Å². The van der Waals surface area contributed by atoms with Crippen molar-refractivity contribution in [2.24, 2.45) is 0 Å². The topological polar surface area (TPSA) is 38.7 Å². The first-order valence-electron chi connectivity index (χ1n) is 7.57.